The summed E-state index contributed by atoms with van der Waals surface area (Å²) in [6, 6.07) is 0. The maximum atomic E-state index is 2.45. The normalized spacial score (nSPS) is 36.0. The maximum absolute atomic E-state index is 2.45. The second-order valence-electron chi connectivity index (χ2n) is 6.88. The van der Waals surface area contributed by atoms with Crippen molar-refractivity contribution in [1.82, 2.24) is 0 Å². The molecule has 2 aliphatic rings. The molecule has 0 N–H and O–H groups in total. The number of hydrogen-bond acceptors (Lipinski definition) is 0. The van der Waals surface area contributed by atoms with Crippen LogP contribution in [0, 0.1) is 0 Å². The van der Waals surface area contributed by atoms with E-state index in [4.69, 9.17) is 0 Å². The van der Waals surface area contributed by atoms with Crippen LogP contribution in [0.5, 0.6) is 0 Å². The molecule has 2 heterocycles. The Labute approximate surface area is 130 Å². The van der Waals surface area contributed by atoms with E-state index in [1.807, 2.05) is 0 Å². The van der Waals surface area contributed by atoms with E-state index < -0.39 is 0 Å². The molecule has 0 bridgehead atoms. The maximum Gasteiger partial charge on any atom is -0.0209 e. The molecule has 0 unspecified atom stereocenters. The molecular weight excluding hydrogens is 278 g/mol. The summed E-state index contributed by atoms with van der Waals surface area (Å²) < 4.78 is 0. The first-order valence-corrected chi connectivity index (χ1v) is 12.6. The molecule has 20 heavy (non-hydrogen) atoms. The first kappa shape index (κ1) is 17.2. The molecule has 2 fully saturated rings. The Kier molecular flexibility index (Phi) is 7.30. The molecular formula is C18H36P2. The van der Waals surface area contributed by atoms with Crippen molar-refractivity contribution in [2.75, 3.05) is 12.3 Å². The lowest BCUT2D eigenvalue weighted by molar-refractivity contribution is 0.696. The second-order valence-corrected chi connectivity index (χ2v) is 12.8. The van der Waals surface area contributed by atoms with Gasteiger partial charge in [0, 0.05) is 0 Å². The Bertz CT molecular complexity index is 227. The van der Waals surface area contributed by atoms with Crippen LogP contribution in [0.4, 0.5) is 0 Å². The molecule has 0 aromatic rings. The van der Waals surface area contributed by atoms with Gasteiger partial charge in [-0.2, -0.15) is 0 Å². The van der Waals surface area contributed by atoms with E-state index in [9.17, 15) is 0 Å². The largest absolute Gasteiger partial charge is 0.100 e. The molecule has 0 nitrogen and oxygen atoms in total. The third-order valence-electron chi connectivity index (χ3n) is 6.04. The minimum absolute atomic E-state index is 0.380. The summed E-state index contributed by atoms with van der Waals surface area (Å²) in [5.41, 5.74) is 4.53. The third-order valence-corrected chi connectivity index (χ3v) is 14.1. The van der Waals surface area contributed by atoms with Gasteiger partial charge in [-0.3, -0.25) is 0 Å². The van der Waals surface area contributed by atoms with Crippen LogP contribution >= 0.6 is 15.8 Å². The van der Waals surface area contributed by atoms with Gasteiger partial charge in [0.1, 0.15) is 0 Å². The average Bonchev–Trinajstić information content (AvgIpc) is 3.07. The lowest BCUT2D eigenvalue weighted by Gasteiger charge is -2.30. The quantitative estimate of drug-likeness (QED) is 0.461. The van der Waals surface area contributed by atoms with E-state index in [-0.39, 0.29) is 0 Å². The predicted octanol–water partition coefficient (Wildman–Crippen LogP) is 6.65. The summed E-state index contributed by atoms with van der Waals surface area (Å²) in [5, 5.41) is 0. The van der Waals surface area contributed by atoms with Gasteiger partial charge in [0.25, 0.3) is 0 Å². The molecule has 0 saturated carbocycles. The van der Waals surface area contributed by atoms with E-state index in [0.29, 0.717) is 15.8 Å². The predicted molar refractivity (Wildman–Crippen MR) is 98.4 cm³/mol. The van der Waals surface area contributed by atoms with Gasteiger partial charge < -0.3 is 0 Å². The molecule has 2 aliphatic heterocycles. The van der Waals surface area contributed by atoms with Crippen LogP contribution in [-0.4, -0.2) is 35.0 Å². The van der Waals surface area contributed by atoms with Crippen molar-refractivity contribution in [1.29, 1.82) is 0 Å². The molecule has 118 valence electrons. The zero-order valence-corrected chi connectivity index (χ0v) is 16.1. The fourth-order valence-corrected chi connectivity index (χ4v) is 13.0. The Morgan fingerprint density at radius 3 is 1.00 bits per heavy atom. The summed E-state index contributed by atoms with van der Waals surface area (Å²) in [6.45, 7) is 9.79. The summed E-state index contributed by atoms with van der Waals surface area (Å²) in [6.07, 6.45) is 15.4. The lowest BCUT2D eigenvalue weighted by atomic mass is 10.1. The van der Waals surface area contributed by atoms with Crippen LogP contribution in [0.25, 0.3) is 0 Å². The molecule has 2 rings (SSSR count). The third kappa shape index (κ3) is 3.79. The molecule has 2 saturated heterocycles. The van der Waals surface area contributed by atoms with Gasteiger partial charge in [-0.05, 0) is 86.3 Å². The van der Waals surface area contributed by atoms with Gasteiger partial charge in [-0.1, -0.05) is 27.7 Å². The Hall–Kier alpha value is 0.860. The van der Waals surface area contributed by atoms with Gasteiger partial charge in [-0.15, -0.1) is 15.8 Å². The highest BCUT2D eigenvalue weighted by Gasteiger charge is 2.37. The Morgan fingerprint density at radius 2 is 0.800 bits per heavy atom. The summed E-state index contributed by atoms with van der Waals surface area (Å²) >= 11 is 0. The van der Waals surface area contributed by atoms with E-state index in [1.165, 1.54) is 25.7 Å². The fraction of sp³-hybridized carbons (Fsp3) is 1.00. The van der Waals surface area contributed by atoms with E-state index in [1.54, 1.807) is 38.0 Å². The van der Waals surface area contributed by atoms with Crippen LogP contribution in [-0.2, 0) is 0 Å². The van der Waals surface area contributed by atoms with Crippen molar-refractivity contribution in [3.8, 4) is 0 Å². The van der Waals surface area contributed by atoms with Crippen molar-refractivity contribution in [3.05, 3.63) is 0 Å². The smallest absolute Gasteiger partial charge is 0.0209 e. The number of rotatable bonds is 7. The Morgan fingerprint density at radius 1 is 0.550 bits per heavy atom. The van der Waals surface area contributed by atoms with Crippen molar-refractivity contribution in [3.63, 3.8) is 0 Å². The van der Waals surface area contributed by atoms with Gasteiger partial charge in [0.15, 0.2) is 0 Å². The fourth-order valence-electron chi connectivity index (χ4n) is 4.74. The molecule has 4 atom stereocenters. The summed E-state index contributed by atoms with van der Waals surface area (Å²) in [7, 11) is 0.759. The molecule has 0 aliphatic carbocycles. The van der Waals surface area contributed by atoms with Gasteiger partial charge in [0.2, 0.25) is 0 Å². The van der Waals surface area contributed by atoms with Crippen LogP contribution in [0.2, 0.25) is 0 Å². The highest BCUT2D eigenvalue weighted by Crippen LogP contribution is 2.63. The summed E-state index contributed by atoms with van der Waals surface area (Å²) in [4.78, 5) is 0. The zero-order chi connectivity index (χ0) is 14.5. The number of hydrogen-bond donors (Lipinski definition) is 0. The highest BCUT2D eigenvalue weighted by molar-refractivity contribution is 7.63. The molecule has 0 amide bonds. The molecule has 2 heteroatoms. The molecule has 0 radical (unpaired) electrons. The lowest BCUT2D eigenvalue weighted by Crippen LogP contribution is -2.12. The van der Waals surface area contributed by atoms with Gasteiger partial charge in [0.05, 0.1) is 0 Å². The van der Waals surface area contributed by atoms with E-state index >= 15 is 0 Å². The van der Waals surface area contributed by atoms with E-state index in [0.717, 1.165) is 22.6 Å². The molecule has 0 aromatic heterocycles. The minimum Gasteiger partial charge on any atom is -0.100 e. The Balaban J connectivity index is 1.91. The first-order chi connectivity index (χ1) is 9.74. The van der Waals surface area contributed by atoms with Gasteiger partial charge >= 0.3 is 0 Å². The van der Waals surface area contributed by atoms with Crippen LogP contribution < -0.4 is 0 Å². The monoisotopic (exact) mass is 314 g/mol. The first-order valence-electron chi connectivity index (χ1n) is 9.26. The van der Waals surface area contributed by atoms with Crippen LogP contribution in [0.3, 0.4) is 0 Å². The summed E-state index contributed by atoms with van der Waals surface area (Å²) in [5.74, 6) is 0. The van der Waals surface area contributed by atoms with Crippen molar-refractivity contribution in [2.24, 2.45) is 0 Å². The topological polar surface area (TPSA) is 0 Å². The van der Waals surface area contributed by atoms with Crippen LogP contribution in [0.1, 0.15) is 79.1 Å². The van der Waals surface area contributed by atoms with Crippen LogP contribution in [0.15, 0.2) is 0 Å². The zero-order valence-electron chi connectivity index (χ0n) is 14.3. The minimum atomic E-state index is 0.380. The molecule has 0 aromatic carbocycles. The van der Waals surface area contributed by atoms with Crippen molar-refractivity contribution in [2.45, 2.75) is 102 Å². The molecule has 0 spiro atoms. The average molecular weight is 314 g/mol. The highest BCUT2D eigenvalue weighted by atomic mass is 31.1. The SMILES string of the molecule is CC[C@@H]1CC[C@@H](CC)P1CCP1[C@@H](CC)CC[C@@H]1CC. The van der Waals surface area contributed by atoms with Crippen molar-refractivity contribution < 1.29 is 0 Å². The van der Waals surface area contributed by atoms with E-state index in [2.05, 4.69) is 27.7 Å². The van der Waals surface area contributed by atoms with Crippen molar-refractivity contribution >= 4 is 15.8 Å². The second kappa shape index (κ2) is 8.48. The van der Waals surface area contributed by atoms with Gasteiger partial charge in [-0.25, -0.2) is 0 Å². The standard InChI is InChI=1S/C18H36P2/c1-5-15-9-10-16(6-2)19(15)13-14-20-17(7-3)11-12-18(20)8-4/h15-18H,5-14H2,1-4H3/t15-,16-,17+,18+.